The lowest BCUT2D eigenvalue weighted by atomic mass is 9.76. The molecule has 1 aliphatic carbocycles. The Kier molecular flexibility index (Phi) is 4.60. The number of aliphatic hydroxyl groups excluding tert-OH is 2. The Balaban J connectivity index is 2.56. The normalized spacial score (nSPS) is 37.6. The van der Waals surface area contributed by atoms with E-state index < -0.39 is 0 Å². The molecule has 0 bridgehead atoms. The van der Waals surface area contributed by atoms with Crippen LogP contribution in [0.1, 0.15) is 40.5 Å². The highest BCUT2D eigenvalue weighted by molar-refractivity contribution is 4.87. The molecule has 0 heterocycles. The van der Waals surface area contributed by atoms with Gasteiger partial charge in [-0.05, 0) is 42.4 Å². The maximum Gasteiger partial charge on any atom is 0.0596 e. The molecule has 90 valence electrons. The predicted octanol–water partition coefficient (Wildman–Crippen LogP) is 2.29. The number of hydrogen-bond acceptors (Lipinski definition) is 2. The Bertz CT molecular complexity index is 193. The minimum absolute atomic E-state index is 0.131. The van der Waals surface area contributed by atoms with Gasteiger partial charge in [-0.15, -0.1) is 0 Å². The summed E-state index contributed by atoms with van der Waals surface area (Å²) in [4.78, 5) is 0. The van der Waals surface area contributed by atoms with Crippen molar-refractivity contribution in [1.29, 1.82) is 0 Å². The van der Waals surface area contributed by atoms with Gasteiger partial charge >= 0.3 is 0 Å². The van der Waals surface area contributed by atoms with Crippen molar-refractivity contribution in [3.05, 3.63) is 0 Å². The lowest BCUT2D eigenvalue weighted by Crippen LogP contribution is -2.31. The molecule has 2 heteroatoms. The average Bonchev–Trinajstić information content (AvgIpc) is 2.56. The molecule has 0 saturated heterocycles. The van der Waals surface area contributed by atoms with Crippen molar-refractivity contribution >= 4 is 0 Å². The van der Waals surface area contributed by atoms with E-state index in [9.17, 15) is 5.11 Å². The van der Waals surface area contributed by atoms with Crippen molar-refractivity contribution in [2.24, 2.45) is 29.6 Å². The summed E-state index contributed by atoms with van der Waals surface area (Å²) in [5, 5.41) is 19.2. The van der Waals surface area contributed by atoms with Crippen LogP contribution >= 0.6 is 0 Å². The molecule has 2 nitrogen and oxygen atoms in total. The molecule has 6 atom stereocenters. The van der Waals surface area contributed by atoms with E-state index in [4.69, 9.17) is 5.11 Å². The average molecular weight is 214 g/mol. The summed E-state index contributed by atoms with van der Waals surface area (Å²) in [6.07, 6.45) is 2.16. The van der Waals surface area contributed by atoms with Crippen LogP contribution in [0.2, 0.25) is 0 Å². The highest BCUT2D eigenvalue weighted by Crippen LogP contribution is 2.40. The second kappa shape index (κ2) is 5.31. The Morgan fingerprint density at radius 3 is 2.20 bits per heavy atom. The van der Waals surface area contributed by atoms with Crippen molar-refractivity contribution < 1.29 is 10.2 Å². The first-order chi connectivity index (χ1) is 6.99. The molecule has 0 amide bonds. The summed E-state index contributed by atoms with van der Waals surface area (Å²) in [7, 11) is 0. The van der Waals surface area contributed by atoms with Gasteiger partial charge in [-0.25, -0.2) is 0 Å². The van der Waals surface area contributed by atoms with Crippen LogP contribution in [0.3, 0.4) is 0 Å². The van der Waals surface area contributed by atoms with Gasteiger partial charge in [-0.1, -0.05) is 27.7 Å². The minimum atomic E-state index is -0.131. The highest BCUT2D eigenvalue weighted by Gasteiger charge is 2.37. The van der Waals surface area contributed by atoms with Crippen LogP contribution in [0.25, 0.3) is 0 Å². The summed E-state index contributed by atoms with van der Waals surface area (Å²) in [5.74, 6) is 2.22. The first kappa shape index (κ1) is 13.0. The van der Waals surface area contributed by atoms with Crippen LogP contribution < -0.4 is 0 Å². The zero-order chi connectivity index (χ0) is 11.6. The van der Waals surface area contributed by atoms with Crippen LogP contribution in [0, 0.1) is 29.6 Å². The van der Waals surface area contributed by atoms with E-state index in [0.717, 1.165) is 12.8 Å². The van der Waals surface area contributed by atoms with Gasteiger partial charge < -0.3 is 10.2 Å². The molecular formula is C13H26O2. The van der Waals surface area contributed by atoms with E-state index in [1.165, 1.54) is 0 Å². The van der Waals surface area contributed by atoms with Crippen molar-refractivity contribution in [3.63, 3.8) is 0 Å². The smallest absolute Gasteiger partial charge is 0.0596 e. The fraction of sp³-hybridized carbons (Fsp3) is 1.00. The maximum absolute atomic E-state index is 10.1. The third kappa shape index (κ3) is 2.73. The number of hydrogen-bond donors (Lipinski definition) is 2. The molecule has 1 aliphatic rings. The van der Waals surface area contributed by atoms with Gasteiger partial charge in [0.25, 0.3) is 0 Å². The first-order valence-corrected chi connectivity index (χ1v) is 6.28. The van der Waals surface area contributed by atoms with Crippen LogP contribution in [0.15, 0.2) is 0 Å². The number of rotatable bonds is 4. The maximum atomic E-state index is 10.1. The molecule has 0 radical (unpaired) electrons. The van der Waals surface area contributed by atoms with Gasteiger partial charge in [0.1, 0.15) is 0 Å². The van der Waals surface area contributed by atoms with Crippen LogP contribution in [-0.2, 0) is 0 Å². The second-order valence-electron chi connectivity index (χ2n) is 5.59. The molecule has 6 unspecified atom stereocenters. The summed E-state index contributed by atoms with van der Waals surface area (Å²) >= 11 is 0. The van der Waals surface area contributed by atoms with Crippen LogP contribution in [-0.4, -0.2) is 22.9 Å². The third-order valence-electron chi connectivity index (χ3n) is 4.67. The standard InChI is InChI=1S/C13H26O2/c1-8-5-6-12(13(8)15)11(4)10(3)9(2)7-14/h8-15H,5-7H2,1-4H3. The SMILES string of the molecule is CC(CO)C(C)C(C)C1CCC(C)C1O. The molecule has 0 aromatic carbocycles. The topological polar surface area (TPSA) is 40.5 Å². The molecule has 2 N–H and O–H groups in total. The van der Waals surface area contributed by atoms with Gasteiger partial charge in [-0.3, -0.25) is 0 Å². The Labute approximate surface area is 93.7 Å². The fourth-order valence-corrected chi connectivity index (χ4v) is 2.87. The molecule has 0 spiro atoms. The molecule has 15 heavy (non-hydrogen) atoms. The van der Waals surface area contributed by atoms with Crippen LogP contribution in [0.4, 0.5) is 0 Å². The monoisotopic (exact) mass is 214 g/mol. The van der Waals surface area contributed by atoms with E-state index in [-0.39, 0.29) is 12.7 Å². The van der Waals surface area contributed by atoms with Crippen LogP contribution in [0.5, 0.6) is 0 Å². The summed E-state index contributed by atoms with van der Waals surface area (Å²) in [6.45, 7) is 8.90. The summed E-state index contributed by atoms with van der Waals surface area (Å²) in [6, 6.07) is 0. The molecule has 0 aromatic heterocycles. The van der Waals surface area contributed by atoms with Gasteiger partial charge in [0.2, 0.25) is 0 Å². The highest BCUT2D eigenvalue weighted by atomic mass is 16.3. The zero-order valence-electron chi connectivity index (χ0n) is 10.5. The van der Waals surface area contributed by atoms with Crippen molar-refractivity contribution in [2.45, 2.75) is 46.6 Å². The molecule has 1 rings (SSSR count). The van der Waals surface area contributed by atoms with Crippen molar-refractivity contribution in [3.8, 4) is 0 Å². The fourth-order valence-electron chi connectivity index (χ4n) is 2.87. The molecule has 0 aliphatic heterocycles. The van der Waals surface area contributed by atoms with E-state index in [1.54, 1.807) is 0 Å². The minimum Gasteiger partial charge on any atom is -0.396 e. The first-order valence-electron chi connectivity index (χ1n) is 6.28. The lowest BCUT2D eigenvalue weighted by molar-refractivity contribution is 0.0428. The molecule has 1 saturated carbocycles. The van der Waals surface area contributed by atoms with E-state index in [1.807, 2.05) is 0 Å². The van der Waals surface area contributed by atoms with Crippen molar-refractivity contribution in [2.75, 3.05) is 6.61 Å². The van der Waals surface area contributed by atoms with E-state index in [0.29, 0.717) is 29.6 Å². The zero-order valence-corrected chi connectivity index (χ0v) is 10.5. The van der Waals surface area contributed by atoms with Gasteiger partial charge in [-0.2, -0.15) is 0 Å². The second-order valence-corrected chi connectivity index (χ2v) is 5.59. The van der Waals surface area contributed by atoms with Gasteiger partial charge in [0, 0.05) is 6.61 Å². The summed E-state index contributed by atoms with van der Waals surface area (Å²) in [5.41, 5.74) is 0. The Morgan fingerprint density at radius 2 is 1.80 bits per heavy atom. The lowest BCUT2D eigenvalue weighted by Gasteiger charge is -2.32. The van der Waals surface area contributed by atoms with Crippen molar-refractivity contribution in [1.82, 2.24) is 0 Å². The van der Waals surface area contributed by atoms with Gasteiger partial charge in [0.15, 0.2) is 0 Å². The molecular weight excluding hydrogens is 188 g/mol. The third-order valence-corrected chi connectivity index (χ3v) is 4.67. The Morgan fingerprint density at radius 1 is 1.20 bits per heavy atom. The van der Waals surface area contributed by atoms with E-state index in [2.05, 4.69) is 27.7 Å². The summed E-state index contributed by atoms with van der Waals surface area (Å²) < 4.78 is 0. The quantitative estimate of drug-likeness (QED) is 0.754. The molecule has 0 aromatic rings. The van der Waals surface area contributed by atoms with Gasteiger partial charge in [0.05, 0.1) is 6.10 Å². The largest absolute Gasteiger partial charge is 0.396 e. The van der Waals surface area contributed by atoms with E-state index >= 15 is 0 Å². The Hall–Kier alpha value is -0.0800. The number of aliphatic hydroxyl groups is 2. The molecule has 1 fully saturated rings. The predicted molar refractivity (Wildman–Crippen MR) is 62.5 cm³/mol.